The Morgan fingerprint density at radius 2 is 2.00 bits per heavy atom. The number of rotatable bonds is 1. The molecule has 0 spiro atoms. The summed E-state index contributed by atoms with van der Waals surface area (Å²) in [5, 5.41) is 2.88. The highest BCUT2D eigenvalue weighted by Gasteiger charge is 2.23. The maximum absolute atomic E-state index is 12.0. The second-order valence-corrected chi connectivity index (χ2v) is 5.53. The van der Waals surface area contributed by atoms with E-state index in [0.29, 0.717) is 5.57 Å². The monoisotopic (exact) mass is 313 g/mol. The van der Waals surface area contributed by atoms with E-state index >= 15 is 0 Å². The van der Waals surface area contributed by atoms with Gasteiger partial charge in [-0.2, -0.15) is 0 Å². The van der Waals surface area contributed by atoms with E-state index in [4.69, 9.17) is 0 Å². The Balaban J connectivity index is 2.11. The van der Waals surface area contributed by atoms with Crippen molar-refractivity contribution in [3.8, 4) is 0 Å². The SMILES string of the molecule is Cc1cccc(C=C2C(=O)Nc3ccc(Br)cc32)c1. The van der Waals surface area contributed by atoms with Gasteiger partial charge in [-0.05, 0) is 36.8 Å². The summed E-state index contributed by atoms with van der Waals surface area (Å²) >= 11 is 3.44. The lowest BCUT2D eigenvalue weighted by Gasteiger charge is -2.00. The number of anilines is 1. The molecule has 2 nitrogen and oxygen atoms in total. The molecule has 2 aromatic carbocycles. The van der Waals surface area contributed by atoms with Crippen LogP contribution >= 0.6 is 15.9 Å². The highest BCUT2D eigenvalue weighted by molar-refractivity contribution is 9.10. The topological polar surface area (TPSA) is 29.1 Å². The standard InChI is InChI=1S/C16H12BrNO/c1-10-3-2-4-11(7-10)8-14-13-9-12(17)5-6-15(13)18-16(14)19/h2-9H,1H3,(H,18,19). The predicted molar refractivity (Wildman–Crippen MR) is 81.8 cm³/mol. The number of carbonyl (C=O) groups is 1. The maximum Gasteiger partial charge on any atom is 0.256 e. The minimum Gasteiger partial charge on any atom is -0.321 e. The average molecular weight is 314 g/mol. The fourth-order valence-corrected chi connectivity index (χ4v) is 2.59. The van der Waals surface area contributed by atoms with Crippen molar-refractivity contribution in [2.24, 2.45) is 0 Å². The van der Waals surface area contributed by atoms with Gasteiger partial charge in [-0.25, -0.2) is 0 Å². The number of carbonyl (C=O) groups excluding carboxylic acids is 1. The number of hydrogen-bond donors (Lipinski definition) is 1. The highest BCUT2D eigenvalue weighted by atomic mass is 79.9. The van der Waals surface area contributed by atoms with Gasteiger partial charge in [0.25, 0.3) is 5.91 Å². The number of hydrogen-bond acceptors (Lipinski definition) is 1. The molecular weight excluding hydrogens is 302 g/mol. The molecule has 1 heterocycles. The molecule has 1 amide bonds. The van der Waals surface area contributed by atoms with Crippen LogP contribution in [0.25, 0.3) is 11.6 Å². The van der Waals surface area contributed by atoms with Crippen LogP contribution in [0.3, 0.4) is 0 Å². The molecule has 3 rings (SSSR count). The molecule has 0 saturated heterocycles. The van der Waals surface area contributed by atoms with E-state index in [0.717, 1.165) is 21.3 Å². The van der Waals surface area contributed by atoms with Crippen molar-refractivity contribution in [3.63, 3.8) is 0 Å². The van der Waals surface area contributed by atoms with Crippen molar-refractivity contribution in [2.75, 3.05) is 5.32 Å². The maximum atomic E-state index is 12.0. The Labute approximate surface area is 120 Å². The zero-order chi connectivity index (χ0) is 13.4. The van der Waals surface area contributed by atoms with Gasteiger partial charge in [-0.1, -0.05) is 45.8 Å². The summed E-state index contributed by atoms with van der Waals surface area (Å²) in [4.78, 5) is 12.0. The number of fused-ring (bicyclic) bond motifs is 1. The van der Waals surface area contributed by atoms with Crippen LogP contribution < -0.4 is 5.32 Å². The predicted octanol–water partition coefficient (Wildman–Crippen LogP) is 4.25. The molecule has 0 aromatic heterocycles. The van der Waals surface area contributed by atoms with E-state index in [1.54, 1.807) is 0 Å². The summed E-state index contributed by atoms with van der Waals surface area (Å²) in [6.07, 6.45) is 1.93. The van der Waals surface area contributed by atoms with Gasteiger partial charge < -0.3 is 5.32 Å². The molecule has 1 aliphatic rings. The van der Waals surface area contributed by atoms with Gasteiger partial charge in [-0.3, -0.25) is 4.79 Å². The van der Waals surface area contributed by atoms with Crippen molar-refractivity contribution < 1.29 is 4.79 Å². The first-order chi connectivity index (χ1) is 9.13. The molecule has 2 aromatic rings. The summed E-state index contributed by atoms with van der Waals surface area (Å²) in [7, 11) is 0. The van der Waals surface area contributed by atoms with Crippen LogP contribution in [0.1, 0.15) is 16.7 Å². The summed E-state index contributed by atoms with van der Waals surface area (Å²) < 4.78 is 0.970. The summed E-state index contributed by atoms with van der Waals surface area (Å²) in [6, 6.07) is 13.9. The molecule has 0 unspecified atom stereocenters. The fourth-order valence-electron chi connectivity index (χ4n) is 2.23. The van der Waals surface area contributed by atoms with Gasteiger partial charge in [0.2, 0.25) is 0 Å². The van der Waals surface area contributed by atoms with Crippen LogP contribution in [0.2, 0.25) is 0 Å². The molecule has 94 valence electrons. The minimum absolute atomic E-state index is 0.0467. The molecule has 0 atom stereocenters. The third-order valence-electron chi connectivity index (χ3n) is 3.12. The van der Waals surface area contributed by atoms with Gasteiger partial charge >= 0.3 is 0 Å². The molecule has 0 radical (unpaired) electrons. The molecule has 19 heavy (non-hydrogen) atoms. The van der Waals surface area contributed by atoms with Crippen molar-refractivity contribution in [2.45, 2.75) is 6.92 Å². The third kappa shape index (κ3) is 2.34. The molecular formula is C16H12BrNO. The van der Waals surface area contributed by atoms with Crippen LogP contribution in [0.4, 0.5) is 5.69 Å². The fraction of sp³-hybridized carbons (Fsp3) is 0.0625. The second kappa shape index (κ2) is 4.67. The largest absolute Gasteiger partial charge is 0.321 e. The normalized spacial score (nSPS) is 15.5. The Hall–Kier alpha value is -1.87. The van der Waals surface area contributed by atoms with E-state index in [1.807, 2.05) is 49.4 Å². The number of aryl methyl sites for hydroxylation is 1. The van der Waals surface area contributed by atoms with E-state index in [9.17, 15) is 4.79 Å². The van der Waals surface area contributed by atoms with Gasteiger partial charge in [0.1, 0.15) is 0 Å². The molecule has 0 bridgehead atoms. The first-order valence-electron chi connectivity index (χ1n) is 6.03. The molecule has 0 fully saturated rings. The van der Waals surface area contributed by atoms with Gasteiger partial charge in [0, 0.05) is 21.3 Å². The number of amides is 1. The van der Waals surface area contributed by atoms with Gasteiger partial charge in [-0.15, -0.1) is 0 Å². The van der Waals surface area contributed by atoms with Gasteiger partial charge in [0.05, 0.1) is 0 Å². The molecule has 0 aliphatic carbocycles. The minimum atomic E-state index is -0.0467. The lowest BCUT2D eigenvalue weighted by Crippen LogP contribution is -2.03. The van der Waals surface area contributed by atoms with E-state index in [2.05, 4.69) is 27.3 Å². The zero-order valence-corrected chi connectivity index (χ0v) is 12.0. The van der Waals surface area contributed by atoms with E-state index in [-0.39, 0.29) is 5.91 Å². The lowest BCUT2D eigenvalue weighted by atomic mass is 10.0. The number of benzene rings is 2. The number of nitrogens with one attached hydrogen (secondary N) is 1. The van der Waals surface area contributed by atoms with Crippen LogP contribution in [0.5, 0.6) is 0 Å². The first-order valence-corrected chi connectivity index (χ1v) is 6.82. The highest BCUT2D eigenvalue weighted by Crippen LogP contribution is 2.34. The second-order valence-electron chi connectivity index (χ2n) is 4.62. The Bertz CT molecular complexity index is 704. The van der Waals surface area contributed by atoms with Crippen molar-refractivity contribution in [1.29, 1.82) is 0 Å². The Morgan fingerprint density at radius 3 is 2.79 bits per heavy atom. The smallest absolute Gasteiger partial charge is 0.256 e. The summed E-state index contributed by atoms with van der Waals surface area (Å²) in [6.45, 7) is 2.04. The Kier molecular flexibility index (Phi) is 2.99. The van der Waals surface area contributed by atoms with Crippen LogP contribution in [0.15, 0.2) is 46.9 Å². The van der Waals surface area contributed by atoms with Crippen LogP contribution in [-0.2, 0) is 4.79 Å². The average Bonchev–Trinajstić information content (AvgIpc) is 2.66. The first kappa shape index (κ1) is 12.2. The summed E-state index contributed by atoms with van der Waals surface area (Å²) in [5.74, 6) is -0.0467. The van der Waals surface area contributed by atoms with Gasteiger partial charge in [0.15, 0.2) is 0 Å². The molecule has 3 heteroatoms. The molecule has 0 saturated carbocycles. The van der Waals surface area contributed by atoms with Crippen molar-refractivity contribution >= 4 is 39.2 Å². The molecule has 1 aliphatic heterocycles. The number of halogens is 1. The van der Waals surface area contributed by atoms with Crippen LogP contribution in [0, 0.1) is 6.92 Å². The zero-order valence-electron chi connectivity index (χ0n) is 10.4. The van der Waals surface area contributed by atoms with E-state index < -0.39 is 0 Å². The molecule has 1 N–H and O–H groups in total. The third-order valence-corrected chi connectivity index (χ3v) is 3.61. The Morgan fingerprint density at radius 1 is 1.16 bits per heavy atom. The van der Waals surface area contributed by atoms with Crippen molar-refractivity contribution in [3.05, 3.63) is 63.6 Å². The quantitative estimate of drug-likeness (QED) is 0.783. The lowest BCUT2D eigenvalue weighted by molar-refractivity contribution is -0.110. The van der Waals surface area contributed by atoms with Crippen molar-refractivity contribution in [1.82, 2.24) is 0 Å². The summed E-state index contributed by atoms with van der Waals surface area (Å²) in [5.41, 5.74) is 4.75. The van der Waals surface area contributed by atoms with Crippen LogP contribution in [-0.4, -0.2) is 5.91 Å². The van der Waals surface area contributed by atoms with E-state index in [1.165, 1.54) is 5.56 Å².